The summed E-state index contributed by atoms with van der Waals surface area (Å²) in [6.45, 7) is 1.99. The maximum atomic E-state index is 12.2. The molecule has 2 atom stereocenters. The van der Waals surface area contributed by atoms with Gasteiger partial charge in [0, 0.05) is 49.2 Å². The molecule has 4 aromatic rings. The first kappa shape index (κ1) is 20.6. The zero-order valence-electron chi connectivity index (χ0n) is 17.5. The predicted octanol–water partition coefficient (Wildman–Crippen LogP) is 2.30. The van der Waals surface area contributed by atoms with E-state index in [4.69, 9.17) is 4.98 Å². The molecular formula is C21H21BrN8O2. The number of pyridine rings is 1. The molecule has 1 aliphatic rings. The Hall–Kier alpha value is -3.34. The van der Waals surface area contributed by atoms with Crippen LogP contribution in [0.3, 0.4) is 0 Å². The molecule has 32 heavy (non-hydrogen) atoms. The molecule has 0 saturated heterocycles. The van der Waals surface area contributed by atoms with Gasteiger partial charge in [-0.15, -0.1) is 0 Å². The molecule has 1 fully saturated rings. The van der Waals surface area contributed by atoms with E-state index in [2.05, 4.69) is 41.6 Å². The monoisotopic (exact) mass is 496 g/mol. The summed E-state index contributed by atoms with van der Waals surface area (Å²) in [7, 11) is 1.67. The molecular weight excluding hydrogens is 476 g/mol. The molecule has 0 unspecified atom stereocenters. The molecule has 10 nitrogen and oxygen atoms in total. The second kappa shape index (κ2) is 7.66. The van der Waals surface area contributed by atoms with E-state index in [1.54, 1.807) is 36.3 Å². The Labute approximate surface area is 191 Å². The summed E-state index contributed by atoms with van der Waals surface area (Å²) in [5, 5.41) is 11.4. The van der Waals surface area contributed by atoms with E-state index < -0.39 is 5.41 Å². The maximum absolute atomic E-state index is 12.2. The minimum absolute atomic E-state index is 0.0594. The van der Waals surface area contributed by atoms with Gasteiger partial charge in [0.2, 0.25) is 11.9 Å². The fourth-order valence-electron chi connectivity index (χ4n) is 4.33. The van der Waals surface area contributed by atoms with Crippen LogP contribution < -0.4 is 16.2 Å². The van der Waals surface area contributed by atoms with E-state index in [9.17, 15) is 9.59 Å². The Morgan fingerprint density at radius 2 is 2.16 bits per heavy atom. The molecule has 4 aromatic heterocycles. The highest BCUT2D eigenvalue weighted by Crippen LogP contribution is 2.39. The molecule has 2 N–H and O–H groups in total. The van der Waals surface area contributed by atoms with Gasteiger partial charge in [-0.3, -0.25) is 14.0 Å². The molecule has 0 radical (unpaired) electrons. The molecule has 11 heteroatoms. The molecule has 1 saturated carbocycles. The lowest BCUT2D eigenvalue weighted by Crippen LogP contribution is -2.35. The zero-order valence-corrected chi connectivity index (χ0v) is 19.1. The van der Waals surface area contributed by atoms with E-state index in [0.717, 1.165) is 23.9 Å². The lowest BCUT2D eigenvalue weighted by Gasteiger charge is -2.22. The minimum Gasteiger partial charge on any atom is -0.359 e. The molecule has 164 valence electrons. The lowest BCUT2D eigenvalue weighted by molar-refractivity contribution is -0.129. The summed E-state index contributed by atoms with van der Waals surface area (Å²) in [4.78, 5) is 37.6. The number of hydrogen-bond donors (Lipinski definition) is 2. The number of hydrogen-bond acceptors (Lipinski definition) is 7. The number of nitrogens with zero attached hydrogens (tertiary/aromatic N) is 6. The first-order valence-electron chi connectivity index (χ1n) is 10.3. The molecule has 1 aliphatic carbocycles. The number of halogens is 1. The van der Waals surface area contributed by atoms with Crippen LogP contribution in [0.4, 0.5) is 5.95 Å². The molecule has 5 rings (SSSR count). The van der Waals surface area contributed by atoms with Gasteiger partial charge in [0.25, 0.3) is 5.56 Å². The topological polar surface area (TPSA) is 119 Å². The Bertz CT molecular complexity index is 1410. The number of fused-ring (bicyclic) bond motifs is 2. The fourth-order valence-corrected chi connectivity index (χ4v) is 4.76. The van der Waals surface area contributed by atoms with Gasteiger partial charge in [-0.05, 0) is 41.3 Å². The van der Waals surface area contributed by atoms with Crippen LogP contribution in [0.1, 0.15) is 26.2 Å². The molecule has 4 heterocycles. The van der Waals surface area contributed by atoms with Crippen LogP contribution in [0.5, 0.6) is 0 Å². The van der Waals surface area contributed by atoms with Crippen molar-refractivity contribution < 1.29 is 4.79 Å². The highest BCUT2D eigenvalue weighted by Gasteiger charge is 2.40. The van der Waals surface area contributed by atoms with Crippen LogP contribution in [-0.2, 0) is 4.79 Å². The molecule has 0 spiro atoms. The highest BCUT2D eigenvalue weighted by atomic mass is 79.9. The van der Waals surface area contributed by atoms with Crippen molar-refractivity contribution in [2.24, 2.45) is 5.41 Å². The van der Waals surface area contributed by atoms with Gasteiger partial charge >= 0.3 is 0 Å². The van der Waals surface area contributed by atoms with Crippen molar-refractivity contribution in [1.29, 1.82) is 0 Å². The summed E-state index contributed by atoms with van der Waals surface area (Å²) in [6.07, 6.45) is 7.24. The van der Waals surface area contributed by atoms with E-state index in [-0.39, 0.29) is 17.5 Å². The van der Waals surface area contributed by atoms with Crippen LogP contribution in [0.25, 0.3) is 22.4 Å². The Morgan fingerprint density at radius 3 is 2.97 bits per heavy atom. The second-order valence-electron chi connectivity index (χ2n) is 8.25. The largest absolute Gasteiger partial charge is 0.359 e. The standard InChI is InChI=1S/C21H21BrN8O2/c1-21(19(32)23-2)6-3-12(10-21)26-20-25-11-14-17(22)28-30(18(14)27-20)13-5-8-29-15(9-13)24-7-4-16(29)31/h4-5,7-9,11-12H,3,6,10H2,1-2H3,(H,23,32)(H,25,26,27)/t12-,21-/m1/s1. The second-order valence-corrected chi connectivity index (χ2v) is 9.00. The zero-order chi connectivity index (χ0) is 22.5. The first-order chi connectivity index (χ1) is 15.4. The van der Waals surface area contributed by atoms with Gasteiger partial charge in [-0.2, -0.15) is 10.1 Å². The van der Waals surface area contributed by atoms with E-state index in [1.807, 2.05) is 6.92 Å². The molecule has 1 amide bonds. The maximum Gasteiger partial charge on any atom is 0.257 e. The third-order valence-electron chi connectivity index (χ3n) is 6.05. The summed E-state index contributed by atoms with van der Waals surface area (Å²) in [6, 6.07) is 5.08. The fraction of sp³-hybridized carbons (Fsp3) is 0.333. The van der Waals surface area contributed by atoms with Gasteiger partial charge in [0.1, 0.15) is 10.3 Å². The van der Waals surface area contributed by atoms with Gasteiger partial charge in [-0.25, -0.2) is 14.6 Å². The van der Waals surface area contributed by atoms with Crippen LogP contribution in [0.2, 0.25) is 0 Å². The number of nitrogens with one attached hydrogen (secondary N) is 2. The van der Waals surface area contributed by atoms with Crippen molar-refractivity contribution in [2.75, 3.05) is 12.4 Å². The molecule has 0 aliphatic heterocycles. The van der Waals surface area contributed by atoms with Crippen molar-refractivity contribution in [2.45, 2.75) is 32.2 Å². The third-order valence-corrected chi connectivity index (χ3v) is 6.64. The highest BCUT2D eigenvalue weighted by molar-refractivity contribution is 9.10. The predicted molar refractivity (Wildman–Crippen MR) is 123 cm³/mol. The summed E-state index contributed by atoms with van der Waals surface area (Å²) < 4.78 is 3.77. The molecule has 0 aromatic carbocycles. The lowest BCUT2D eigenvalue weighted by atomic mass is 9.87. The van der Waals surface area contributed by atoms with Gasteiger partial charge in [0.05, 0.1) is 11.1 Å². The van der Waals surface area contributed by atoms with Crippen LogP contribution in [-0.4, -0.2) is 48.1 Å². The summed E-state index contributed by atoms with van der Waals surface area (Å²) in [5.74, 6) is 0.539. The Morgan fingerprint density at radius 1 is 1.31 bits per heavy atom. The van der Waals surface area contributed by atoms with Crippen molar-refractivity contribution in [3.8, 4) is 5.69 Å². The van der Waals surface area contributed by atoms with Crippen molar-refractivity contribution in [3.63, 3.8) is 0 Å². The smallest absolute Gasteiger partial charge is 0.257 e. The van der Waals surface area contributed by atoms with Crippen molar-refractivity contribution in [1.82, 2.24) is 34.4 Å². The van der Waals surface area contributed by atoms with E-state index >= 15 is 0 Å². The van der Waals surface area contributed by atoms with Crippen molar-refractivity contribution >= 4 is 44.5 Å². The normalized spacial score (nSPS) is 20.7. The number of carbonyl (C=O) groups excluding carboxylic acids is 1. The quantitative estimate of drug-likeness (QED) is 0.444. The Balaban J connectivity index is 1.49. The number of amides is 1. The van der Waals surface area contributed by atoms with Gasteiger partial charge in [0.15, 0.2) is 5.65 Å². The summed E-state index contributed by atoms with van der Waals surface area (Å²) in [5.41, 5.74) is 1.31. The number of carbonyl (C=O) groups is 1. The first-order valence-corrected chi connectivity index (χ1v) is 11.0. The third kappa shape index (κ3) is 3.42. The molecule has 0 bridgehead atoms. The minimum atomic E-state index is -0.391. The van der Waals surface area contributed by atoms with Crippen LogP contribution >= 0.6 is 15.9 Å². The number of aromatic nitrogens is 6. The average molecular weight is 497 g/mol. The van der Waals surface area contributed by atoms with Crippen LogP contribution in [0, 0.1) is 5.41 Å². The average Bonchev–Trinajstić information content (AvgIpc) is 3.33. The SMILES string of the molecule is CNC(=O)[C@]1(C)CC[C@@H](Nc2ncc3c(Br)nn(-c4ccn5c(=O)ccnc5c4)c3n2)C1. The van der Waals surface area contributed by atoms with Crippen molar-refractivity contribution in [3.05, 3.63) is 51.7 Å². The number of rotatable bonds is 4. The van der Waals surface area contributed by atoms with E-state index in [0.29, 0.717) is 28.3 Å². The van der Waals surface area contributed by atoms with Gasteiger partial charge in [-0.1, -0.05) is 6.92 Å². The van der Waals surface area contributed by atoms with E-state index in [1.165, 1.54) is 16.7 Å². The van der Waals surface area contributed by atoms with Gasteiger partial charge < -0.3 is 10.6 Å². The Kier molecular flexibility index (Phi) is 4.92. The summed E-state index contributed by atoms with van der Waals surface area (Å²) >= 11 is 3.48. The van der Waals surface area contributed by atoms with Crippen LogP contribution in [0.15, 0.2) is 46.2 Å². The number of anilines is 1.